The maximum atomic E-state index is 5.58. The first-order valence-electron chi connectivity index (χ1n) is 4.04. The third-order valence-electron chi connectivity index (χ3n) is 1.85. The fourth-order valence-electron chi connectivity index (χ4n) is 0.931. The topological polar surface area (TPSA) is 61.0 Å². The summed E-state index contributed by atoms with van der Waals surface area (Å²) in [6.45, 7) is 0.737. The zero-order chi connectivity index (χ0) is 8.39. The highest BCUT2D eigenvalue weighted by Gasteiger charge is 2.22. The molecule has 0 atom stereocenters. The van der Waals surface area contributed by atoms with Gasteiger partial charge in [-0.05, 0) is 18.8 Å². The van der Waals surface area contributed by atoms with Crippen LogP contribution in [0.4, 0.5) is 5.69 Å². The van der Waals surface area contributed by atoms with Gasteiger partial charge in [0, 0.05) is 0 Å². The maximum Gasteiger partial charge on any atom is 0.240 e. The van der Waals surface area contributed by atoms with Crippen LogP contribution in [0.1, 0.15) is 12.8 Å². The van der Waals surface area contributed by atoms with Crippen LogP contribution in [0.2, 0.25) is 0 Å². The molecular formula is C8H12ClN3O. The fourth-order valence-corrected chi connectivity index (χ4v) is 0.931. The third-order valence-corrected chi connectivity index (χ3v) is 1.85. The summed E-state index contributed by atoms with van der Waals surface area (Å²) in [5.74, 6) is 1.23. The molecular weight excluding hydrogens is 190 g/mol. The van der Waals surface area contributed by atoms with Crippen molar-refractivity contribution in [3.63, 3.8) is 0 Å². The van der Waals surface area contributed by atoms with E-state index in [2.05, 4.69) is 9.97 Å². The highest BCUT2D eigenvalue weighted by Crippen LogP contribution is 2.29. The van der Waals surface area contributed by atoms with Crippen LogP contribution >= 0.6 is 12.4 Å². The molecule has 1 aliphatic rings. The quantitative estimate of drug-likeness (QED) is 0.800. The number of nitrogens with zero attached hydrogens (tertiary/aromatic N) is 2. The highest BCUT2D eigenvalue weighted by atomic mass is 35.5. The number of hydrogen-bond donors (Lipinski definition) is 1. The van der Waals surface area contributed by atoms with Crippen LogP contribution in [0.25, 0.3) is 0 Å². The van der Waals surface area contributed by atoms with Crippen molar-refractivity contribution in [1.82, 2.24) is 9.97 Å². The van der Waals surface area contributed by atoms with E-state index >= 15 is 0 Å². The van der Waals surface area contributed by atoms with Crippen LogP contribution in [0.15, 0.2) is 12.5 Å². The summed E-state index contributed by atoms with van der Waals surface area (Å²) in [4.78, 5) is 7.69. The van der Waals surface area contributed by atoms with Gasteiger partial charge in [-0.15, -0.1) is 12.4 Å². The van der Waals surface area contributed by atoms with Gasteiger partial charge in [0.25, 0.3) is 0 Å². The van der Waals surface area contributed by atoms with Crippen molar-refractivity contribution in [3.05, 3.63) is 12.5 Å². The largest absolute Gasteiger partial charge is 0.476 e. The van der Waals surface area contributed by atoms with E-state index in [1.807, 2.05) is 0 Å². The van der Waals surface area contributed by atoms with E-state index < -0.39 is 0 Å². The third kappa shape index (κ3) is 2.73. The molecule has 5 heteroatoms. The fraction of sp³-hybridized carbons (Fsp3) is 0.500. The summed E-state index contributed by atoms with van der Waals surface area (Å²) in [6.07, 6.45) is 5.53. The van der Waals surface area contributed by atoms with Gasteiger partial charge in [-0.3, -0.25) is 0 Å². The molecule has 0 aromatic carbocycles. The van der Waals surface area contributed by atoms with Gasteiger partial charge in [0.15, 0.2) is 0 Å². The average molecular weight is 202 g/mol. The molecule has 1 saturated carbocycles. The molecule has 0 aliphatic heterocycles. The number of aromatic nitrogens is 2. The summed E-state index contributed by atoms with van der Waals surface area (Å²) >= 11 is 0. The van der Waals surface area contributed by atoms with Crippen LogP contribution in [-0.2, 0) is 0 Å². The molecule has 1 fully saturated rings. The van der Waals surface area contributed by atoms with E-state index in [0.717, 1.165) is 12.5 Å². The second-order valence-electron chi connectivity index (χ2n) is 3.04. The molecule has 4 nitrogen and oxygen atoms in total. The Morgan fingerprint density at radius 1 is 1.54 bits per heavy atom. The van der Waals surface area contributed by atoms with E-state index in [1.54, 1.807) is 6.20 Å². The molecule has 0 spiro atoms. The molecule has 2 N–H and O–H groups in total. The molecule has 0 amide bonds. The minimum absolute atomic E-state index is 0. The van der Waals surface area contributed by atoms with E-state index in [1.165, 1.54) is 19.2 Å². The molecule has 0 bridgehead atoms. The van der Waals surface area contributed by atoms with Crippen molar-refractivity contribution in [2.24, 2.45) is 5.92 Å². The molecule has 2 rings (SSSR count). The van der Waals surface area contributed by atoms with Crippen molar-refractivity contribution < 1.29 is 4.74 Å². The highest BCUT2D eigenvalue weighted by molar-refractivity contribution is 5.85. The van der Waals surface area contributed by atoms with E-state index in [0.29, 0.717) is 11.6 Å². The molecule has 0 radical (unpaired) electrons. The van der Waals surface area contributed by atoms with Gasteiger partial charge in [0.2, 0.25) is 5.88 Å². The van der Waals surface area contributed by atoms with Gasteiger partial charge >= 0.3 is 0 Å². The summed E-state index contributed by atoms with van der Waals surface area (Å²) < 4.78 is 5.38. The number of nitrogen functional groups attached to an aromatic ring is 1. The Balaban J connectivity index is 0.000000845. The maximum absolute atomic E-state index is 5.58. The van der Waals surface area contributed by atoms with Crippen LogP contribution < -0.4 is 10.5 Å². The normalized spacial score (nSPS) is 14.8. The van der Waals surface area contributed by atoms with Crippen molar-refractivity contribution in [3.8, 4) is 5.88 Å². The second kappa shape index (κ2) is 4.28. The van der Waals surface area contributed by atoms with Gasteiger partial charge in [-0.25, -0.2) is 9.97 Å². The predicted octanol–water partition coefficient (Wildman–Crippen LogP) is 1.27. The number of hydrogen-bond acceptors (Lipinski definition) is 4. The SMILES string of the molecule is Cl.Nc1cncnc1OCC1CC1. The Morgan fingerprint density at radius 3 is 2.92 bits per heavy atom. The number of rotatable bonds is 3. The summed E-state index contributed by atoms with van der Waals surface area (Å²) in [5, 5.41) is 0. The monoisotopic (exact) mass is 201 g/mol. The Bertz CT molecular complexity index is 278. The summed E-state index contributed by atoms with van der Waals surface area (Å²) in [5.41, 5.74) is 6.09. The van der Waals surface area contributed by atoms with Gasteiger partial charge in [0.1, 0.15) is 12.0 Å². The van der Waals surface area contributed by atoms with Gasteiger partial charge in [-0.2, -0.15) is 0 Å². The first kappa shape index (κ1) is 10.1. The predicted molar refractivity (Wildman–Crippen MR) is 51.9 cm³/mol. The average Bonchev–Trinajstić information content (AvgIpc) is 2.86. The van der Waals surface area contributed by atoms with Crippen molar-refractivity contribution in [2.45, 2.75) is 12.8 Å². The van der Waals surface area contributed by atoms with E-state index in [4.69, 9.17) is 10.5 Å². The number of anilines is 1. The lowest BCUT2D eigenvalue weighted by Gasteiger charge is -2.04. The zero-order valence-corrected chi connectivity index (χ0v) is 7.96. The molecule has 1 aromatic heterocycles. The van der Waals surface area contributed by atoms with Crippen molar-refractivity contribution >= 4 is 18.1 Å². The summed E-state index contributed by atoms with van der Waals surface area (Å²) in [7, 11) is 0. The van der Waals surface area contributed by atoms with Crippen LogP contribution in [0, 0.1) is 5.92 Å². The standard InChI is InChI=1S/C8H11N3O.ClH/c9-7-3-10-5-11-8(7)12-4-6-1-2-6;/h3,5-6H,1-2,4,9H2;1H. The Hall–Kier alpha value is -1.03. The molecule has 1 aliphatic carbocycles. The molecule has 1 heterocycles. The molecule has 0 unspecified atom stereocenters. The number of ether oxygens (including phenoxy) is 1. The zero-order valence-electron chi connectivity index (χ0n) is 7.14. The van der Waals surface area contributed by atoms with Crippen molar-refractivity contribution in [1.29, 1.82) is 0 Å². The Morgan fingerprint density at radius 2 is 2.31 bits per heavy atom. The van der Waals surface area contributed by atoms with Gasteiger partial charge in [0.05, 0.1) is 12.8 Å². The Labute approximate surface area is 82.9 Å². The van der Waals surface area contributed by atoms with Gasteiger partial charge < -0.3 is 10.5 Å². The minimum atomic E-state index is 0. The van der Waals surface area contributed by atoms with Crippen LogP contribution in [-0.4, -0.2) is 16.6 Å². The Kier molecular flexibility index (Phi) is 3.31. The van der Waals surface area contributed by atoms with Crippen molar-refractivity contribution in [2.75, 3.05) is 12.3 Å². The molecule has 72 valence electrons. The van der Waals surface area contributed by atoms with E-state index in [-0.39, 0.29) is 12.4 Å². The second-order valence-corrected chi connectivity index (χ2v) is 3.04. The first-order valence-corrected chi connectivity index (χ1v) is 4.04. The first-order chi connectivity index (χ1) is 5.86. The molecule has 0 saturated heterocycles. The van der Waals surface area contributed by atoms with Crippen LogP contribution in [0.5, 0.6) is 5.88 Å². The lowest BCUT2D eigenvalue weighted by atomic mass is 10.4. The molecule has 13 heavy (non-hydrogen) atoms. The lowest BCUT2D eigenvalue weighted by molar-refractivity contribution is 0.289. The van der Waals surface area contributed by atoms with Gasteiger partial charge in [-0.1, -0.05) is 0 Å². The minimum Gasteiger partial charge on any atom is -0.476 e. The number of nitrogens with two attached hydrogens (primary N) is 1. The smallest absolute Gasteiger partial charge is 0.240 e. The lowest BCUT2D eigenvalue weighted by Crippen LogP contribution is -2.03. The van der Waals surface area contributed by atoms with Crippen LogP contribution in [0.3, 0.4) is 0 Å². The summed E-state index contributed by atoms with van der Waals surface area (Å²) in [6, 6.07) is 0. The molecule has 1 aromatic rings. The number of halogens is 1. The van der Waals surface area contributed by atoms with E-state index in [9.17, 15) is 0 Å².